The predicted molar refractivity (Wildman–Crippen MR) is 105 cm³/mol. The largest absolute Gasteiger partial charge is 0.385 e. The normalized spacial score (nSPS) is 11.7. The summed E-state index contributed by atoms with van der Waals surface area (Å²) in [7, 11) is 3.21. The topological polar surface area (TPSA) is 88.6 Å². The first-order chi connectivity index (χ1) is 13.5. The van der Waals surface area contributed by atoms with Crippen molar-refractivity contribution in [1.29, 1.82) is 0 Å². The van der Waals surface area contributed by atoms with Gasteiger partial charge in [-0.1, -0.05) is 0 Å². The quantitative estimate of drug-likeness (QED) is 0.606. The number of nitrogens with one attached hydrogen (secondary N) is 2. The molecule has 0 unspecified atom stereocenters. The monoisotopic (exact) mass is 391 g/mol. The molecule has 1 aromatic carbocycles. The van der Waals surface area contributed by atoms with Gasteiger partial charge in [0.2, 0.25) is 5.95 Å². The van der Waals surface area contributed by atoms with Crippen LogP contribution in [0.1, 0.15) is 13.3 Å². The third kappa shape index (κ3) is 6.43. The number of aromatic nitrogens is 2. The first kappa shape index (κ1) is 21.5. The van der Waals surface area contributed by atoms with Gasteiger partial charge in [0.05, 0.1) is 12.3 Å². The van der Waals surface area contributed by atoms with Crippen molar-refractivity contribution >= 4 is 23.5 Å². The fourth-order valence-corrected chi connectivity index (χ4v) is 2.49. The van der Waals surface area contributed by atoms with Crippen LogP contribution in [0.25, 0.3) is 0 Å². The van der Waals surface area contributed by atoms with Crippen LogP contribution in [0.5, 0.6) is 0 Å². The van der Waals surface area contributed by atoms with Gasteiger partial charge >= 0.3 is 6.03 Å². The lowest BCUT2D eigenvalue weighted by molar-refractivity contribution is 0.190. The van der Waals surface area contributed by atoms with Crippen molar-refractivity contribution in [3.63, 3.8) is 0 Å². The summed E-state index contributed by atoms with van der Waals surface area (Å²) < 4.78 is 23.4. The first-order valence-corrected chi connectivity index (χ1v) is 8.96. The minimum atomic E-state index is -0.386. The Bertz CT molecular complexity index is 745. The van der Waals surface area contributed by atoms with E-state index in [4.69, 9.17) is 9.47 Å². The molecule has 1 aromatic heterocycles. The number of rotatable bonds is 10. The van der Waals surface area contributed by atoms with Crippen LogP contribution < -0.4 is 15.5 Å². The second kappa shape index (κ2) is 11.2. The van der Waals surface area contributed by atoms with Crippen LogP contribution in [-0.4, -0.2) is 56.0 Å². The Kier molecular flexibility index (Phi) is 8.57. The minimum Gasteiger partial charge on any atom is -0.385 e. The van der Waals surface area contributed by atoms with Gasteiger partial charge in [0.1, 0.15) is 11.6 Å². The molecule has 0 fully saturated rings. The molecule has 0 aliphatic carbocycles. The van der Waals surface area contributed by atoms with Gasteiger partial charge in [0, 0.05) is 45.7 Å². The predicted octanol–water partition coefficient (Wildman–Crippen LogP) is 2.95. The average Bonchev–Trinajstić information content (AvgIpc) is 2.67. The van der Waals surface area contributed by atoms with Gasteiger partial charge in [-0.15, -0.1) is 0 Å². The molecule has 0 saturated carbocycles. The van der Waals surface area contributed by atoms with E-state index in [9.17, 15) is 9.18 Å². The third-order valence-corrected chi connectivity index (χ3v) is 3.75. The molecule has 152 valence electrons. The molecular weight excluding hydrogens is 365 g/mol. The summed E-state index contributed by atoms with van der Waals surface area (Å²) in [6.45, 7) is 3.39. The molecular formula is C19H26FN5O3. The van der Waals surface area contributed by atoms with Gasteiger partial charge in [-0.05, 0) is 37.6 Å². The number of methoxy groups -OCH3 is 2. The second-order valence-corrected chi connectivity index (χ2v) is 6.13. The second-order valence-electron chi connectivity index (χ2n) is 6.13. The Hall–Kier alpha value is -2.78. The van der Waals surface area contributed by atoms with Crippen LogP contribution >= 0.6 is 0 Å². The fourth-order valence-electron chi connectivity index (χ4n) is 2.49. The molecule has 8 nitrogen and oxygen atoms in total. The summed E-state index contributed by atoms with van der Waals surface area (Å²) in [5.41, 5.74) is 0.486. The van der Waals surface area contributed by atoms with E-state index >= 15 is 0 Å². The average molecular weight is 391 g/mol. The van der Waals surface area contributed by atoms with E-state index in [-0.39, 0.29) is 17.9 Å². The molecule has 9 heteroatoms. The molecule has 0 radical (unpaired) electrons. The van der Waals surface area contributed by atoms with Crippen molar-refractivity contribution in [1.82, 2.24) is 15.3 Å². The van der Waals surface area contributed by atoms with Crippen LogP contribution in [-0.2, 0) is 9.47 Å². The lowest BCUT2D eigenvalue weighted by Gasteiger charge is -2.23. The summed E-state index contributed by atoms with van der Waals surface area (Å²) in [6, 6.07) is 6.85. The smallest absolute Gasteiger partial charge is 0.327 e. The molecule has 0 bridgehead atoms. The third-order valence-electron chi connectivity index (χ3n) is 3.75. The molecule has 0 aliphatic heterocycles. The number of anilines is 3. The van der Waals surface area contributed by atoms with E-state index in [2.05, 4.69) is 20.6 Å². The highest BCUT2D eigenvalue weighted by molar-refractivity contribution is 5.98. The van der Waals surface area contributed by atoms with Gasteiger partial charge in [-0.25, -0.2) is 19.1 Å². The van der Waals surface area contributed by atoms with E-state index in [0.29, 0.717) is 43.6 Å². The van der Waals surface area contributed by atoms with Gasteiger partial charge in [-0.2, -0.15) is 4.98 Å². The zero-order valence-corrected chi connectivity index (χ0v) is 16.3. The van der Waals surface area contributed by atoms with Crippen molar-refractivity contribution in [2.24, 2.45) is 0 Å². The van der Waals surface area contributed by atoms with Crippen molar-refractivity contribution in [2.45, 2.75) is 19.4 Å². The number of benzene rings is 1. The summed E-state index contributed by atoms with van der Waals surface area (Å²) in [4.78, 5) is 22.8. The van der Waals surface area contributed by atoms with Crippen molar-refractivity contribution in [2.75, 3.05) is 44.2 Å². The summed E-state index contributed by atoms with van der Waals surface area (Å²) >= 11 is 0. The Labute approximate surface area is 164 Å². The highest BCUT2D eigenvalue weighted by Gasteiger charge is 2.20. The van der Waals surface area contributed by atoms with Crippen molar-refractivity contribution < 1.29 is 18.7 Å². The van der Waals surface area contributed by atoms with Crippen LogP contribution in [0.15, 0.2) is 36.5 Å². The number of amides is 2. The summed E-state index contributed by atoms with van der Waals surface area (Å²) in [6.07, 6.45) is 2.23. The van der Waals surface area contributed by atoms with Crippen molar-refractivity contribution in [3.05, 3.63) is 42.3 Å². The van der Waals surface area contributed by atoms with E-state index in [1.807, 2.05) is 6.92 Å². The van der Waals surface area contributed by atoms with Crippen LogP contribution in [0, 0.1) is 5.82 Å². The Morgan fingerprint density at radius 2 is 1.96 bits per heavy atom. The first-order valence-electron chi connectivity index (χ1n) is 8.96. The number of hydrogen-bond donors (Lipinski definition) is 2. The zero-order chi connectivity index (χ0) is 20.4. The van der Waals surface area contributed by atoms with Gasteiger partial charge < -0.3 is 20.1 Å². The maximum Gasteiger partial charge on any atom is 0.327 e. The van der Waals surface area contributed by atoms with Crippen LogP contribution in [0.4, 0.5) is 26.6 Å². The molecule has 28 heavy (non-hydrogen) atoms. The van der Waals surface area contributed by atoms with Gasteiger partial charge in [-0.3, -0.25) is 0 Å². The molecule has 2 rings (SSSR count). The van der Waals surface area contributed by atoms with Crippen molar-refractivity contribution in [3.8, 4) is 0 Å². The number of nitrogens with zero attached hydrogens (tertiary/aromatic N) is 3. The van der Waals surface area contributed by atoms with Crippen LogP contribution in [0.3, 0.4) is 0 Å². The summed E-state index contributed by atoms with van der Waals surface area (Å²) in [5, 5.41) is 5.94. The number of carbonyl (C=O) groups excluding carboxylic acids is 1. The maximum absolute atomic E-state index is 13.3. The SMILES string of the molecule is COCCCNC(=O)N(c1ccc(F)cc1)c1ccnc(N[C@@H](C)COC)n1. The van der Waals surface area contributed by atoms with Crippen LogP contribution in [0.2, 0.25) is 0 Å². The molecule has 0 spiro atoms. The number of urea groups is 1. The molecule has 1 atom stereocenters. The van der Waals surface area contributed by atoms with Gasteiger partial charge in [0.25, 0.3) is 0 Å². The molecule has 2 amide bonds. The Morgan fingerprint density at radius 1 is 1.21 bits per heavy atom. The van der Waals surface area contributed by atoms with E-state index in [1.54, 1.807) is 26.5 Å². The standard InChI is InChI=1S/C19H26FN5O3/c1-14(13-28-3)23-18-21-11-9-17(24-18)25(16-7-5-15(20)6-8-16)19(26)22-10-4-12-27-2/h5-9,11,14H,4,10,12-13H2,1-3H3,(H,22,26)(H,21,23,24)/t14-/m0/s1. The zero-order valence-electron chi connectivity index (χ0n) is 16.3. The van der Waals surface area contributed by atoms with E-state index < -0.39 is 0 Å². The van der Waals surface area contributed by atoms with E-state index in [1.165, 1.54) is 29.2 Å². The van der Waals surface area contributed by atoms with Gasteiger partial charge in [0.15, 0.2) is 0 Å². The Balaban J connectivity index is 2.25. The van der Waals surface area contributed by atoms with E-state index in [0.717, 1.165) is 0 Å². The molecule has 2 N–H and O–H groups in total. The minimum absolute atomic E-state index is 0.0117. The number of hydrogen-bond acceptors (Lipinski definition) is 6. The number of carbonyl (C=O) groups is 1. The molecule has 2 aromatic rings. The number of ether oxygens (including phenoxy) is 2. The lowest BCUT2D eigenvalue weighted by atomic mass is 10.3. The molecule has 0 aliphatic rings. The Morgan fingerprint density at radius 3 is 2.64 bits per heavy atom. The fraction of sp³-hybridized carbons (Fsp3) is 0.421. The highest BCUT2D eigenvalue weighted by Crippen LogP contribution is 2.24. The lowest BCUT2D eigenvalue weighted by Crippen LogP contribution is -2.38. The highest BCUT2D eigenvalue weighted by atomic mass is 19.1. The molecule has 1 heterocycles. The molecule has 0 saturated heterocycles. The maximum atomic E-state index is 13.3. The number of halogens is 1. The summed E-state index contributed by atoms with van der Waals surface area (Å²) in [5.74, 6) is 0.335.